The van der Waals surface area contributed by atoms with Gasteiger partial charge in [0.25, 0.3) is 0 Å². The summed E-state index contributed by atoms with van der Waals surface area (Å²) in [6.45, 7) is 0. The van der Waals surface area contributed by atoms with E-state index in [-0.39, 0.29) is 0 Å². The zero-order chi connectivity index (χ0) is 27.9. The van der Waals surface area contributed by atoms with Crippen LogP contribution < -0.4 is 0 Å². The molecule has 8 aromatic rings. The van der Waals surface area contributed by atoms with Crippen LogP contribution in [0.3, 0.4) is 0 Å². The number of fused-ring (bicyclic) bond motifs is 3. The van der Waals surface area contributed by atoms with Gasteiger partial charge < -0.3 is 4.42 Å². The number of thiophene rings is 1. The Morgan fingerprint density at radius 1 is 0.405 bits per heavy atom. The topological polar surface area (TPSA) is 38.9 Å². The standard InChI is InChI=1S/C38H24N2OS/c1-4-11-25(12-5-1)28-19-20-35-33(22-28)34-24-31(26-13-6-2-7-14-26)23-32(36(34)42-35)29-17-10-18-30(21-29)38-40-39-37(41-38)27-15-8-3-9-16-27/h1-24H. The van der Waals surface area contributed by atoms with Crippen molar-refractivity contribution < 1.29 is 4.42 Å². The highest BCUT2D eigenvalue weighted by molar-refractivity contribution is 7.26. The molecule has 0 N–H and O–H groups in total. The van der Waals surface area contributed by atoms with Crippen LogP contribution in [0.4, 0.5) is 0 Å². The van der Waals surface area contributed by atoms with E-state index in [1.807, 2.05) is 47.7 Å². The van der Waals surface area contributed by atoms with Gasteiger partial charge in [0.1, 0.15) is 0 Å². The molecule has 6 aromatic carbocycles. The van der Waals surface area contributed by atoms with Crippen molar-refractivity contribution in [2.24, 2.45) is 0 Å². The minimum atomic E-state index is 0.509. The molecule has 0 unspecified atom stereocenters. The predicted octanol–water partition coefficient (Wildman–Crippen LogP) is 10.8. The van der Waals surface area contributed by atoms with Gasteiger partial charge in [0.2, 0.25) is 11.8 Å². The van der Waals surface area contributed by atoms with Crippen LogP contribution in [0.15, 0.2) is 150 Å². The van der Waals surface area contributed by atoms with Crippen LogP contribution in [0.5, 0.6) is 0 Å². The molecule has 198 valence electrons. The zero-order valence-electron chi connectivity index (χ0n) is 22.6. The third-order valence-corrected chi connectivity index (χ3v) is 8.87. The predicted molar refractivity (Wildman–Crippen MR) is 174 cm³/mol. The maximum atomic E-state index is 6.11. The van der Waals surface area contributed by atoms with E-state index in [9.17, 15) is 0 Å². The Bertz CT molecular complexity index is 2180. The van der Waals surface area contributed by atoms with Crippen molar-refractivity contribution in [2.45, 2.75) is 0 Å². The molecular formula is C38H24N2OS. The maximum absolute atomic E-state index is 6.11. The molecule has 42 heavy (non-hydrogen) atoms. The molecule has 0 amide bonds. The number of hydrogen-bond donors (Lipinski definition) is 0. The molecule has 2 aromatic heterocycles. The van der Waals surface area contributed by atoms with E-state index in [2.05, 4.69) is 119 Å². The number of nitrogens with zero attached hydrogens (tertiary/aromatic N) is 2. The summed E-state index contributed by atoms with van der Waals surface area (Å²) in [7, 11) is 0. The van der Waals surface area contributed by atoms with Gasteiger partial charge >= 0.3 is 0 Å². The summed E-state index contributed by atoms with van der Waals surface area (Å²) in [4.78, 5) is 0. The molecule has 0 radical (unpaired) electrons. The molecule has 4 heteroatoms. The largest absolute Gasteiger partial charge is 0.416 e. The molecule has 0 spiro atoms. The number of hydrogen-bond acceptors (Lipinski definition) is 4. The molecule has 8 rings (SSSR count). The first-order chi connectivity index (χ1) is 20.8. The van der Waals surface area contributed by atoms with Gasteiger partial charge in [0, 0.05) is 36.9 Å². The van der Waals surface area contributed by atoms with Crippen molar-refractivity contribution in [1.82, 2.24) is 10.2 Å². The Hall–Kier alpha value is -5.32. The van der Waals surface area contributed by atoms with E-state index in [0.29, 0.717) is 11.8 Å². The first kappa shape index (κ1) is 24.5. The minimum absolute atomic E-state index is 0.509. The van der Waals surface area contributed by atoms with E-state index >= 15 is 0 Å². The molecule has 0 aliphatic rings. The SMILES string of the molecule is c1ccc(-c2ccc3sc4c(-c5cccc(-c6nnc(-c7ccccc7)o6)c5)cc(-c5ccccc5)cc4c3c2)cc1. The third kappa shape index (κ3) is 4.39. The highest BCUT2D eigenvalue weighted by Gasteiger charge is 2.16. The summed E-state index contributed by atoms with van der Waals surface area (Å²) in [5, 5.41) is 11.2. The van der Waals surface area contributed by atoms with Crippen LogP contribution in [0.2, 0.25) is 0 Å². The molecule has 0 saturated carbocycles. The van der Waals surface area contributed by atoms with Gasteiger partial charge in [-0.3, -0.25) is 0 Å². The molecule has 0 aliphatic heterocycles. The molecular weight excluding hydrogens is 532 g/mol. The molecule has 0 fully saturated rings. The van der Waals surface area contributed by atoms with Crippen LogP contribution in [0.25, 0.3) is 76.5 Å². The number of rotatable bonds is 5. The quantitative estimate of drug-likeness (QED) is 0.212. The normalized spacial score (nSPS) is 11.3. The molecule has 2 heterocycles. The average molecular weight is 557 g/mol. The smallest absolute Gasteiger partial charge is 0.248 e. The molecule has 0 saturated heterocycles. The summed E-state index contributed by atoms with van der Waals surface area (Å²) >= 11 is 1.84. The lowest BCUT2D eigenvalue weighted by molar-refractivity contribution is 0.584. The average Bonchev–Trinajstić information content (AvgIpc) is 3.71. The molecule has 0 atom stereocenters. The van der Waals surface area contributed by atoms with Gasteiger partial charge in [-0.05, 0) is 76.3 Å². The van der Waals surface area contributed by atoms with Gasteiger partial charge in [-0.2, -0.15) is 0 Å². The zero-order valence-corrected chi connectivity index (χ0v) is 23.4. The lowest BCUT2D eigenvalue weighted by Crippen LogP contribution is -1.85. The van der Waals surface area contributed by atoms with Gasteiger partial charge in [0.05, 0.1) is 0 Å². The van der Waals surface area contributed by atoms with Crippen molar-refractivity contribution >= 4 is 31.5 Å². The first-order valence-corrected chi connectivity index (χ1v) is 14.7. The number of benzene rings is 6. The van der Waals surface area contributed by atoms with Crippen molar-refractivity contribution in [3.05, 3.63) is 146 Å². The van der Waals surface area contributed by atoms with E-state index in [1.54, 1.807) is 0 Å². The Balaban J connectivity index is 1.31. The van der Waals surface area contributed by atoms with Crippen LogP contribution in [-0.4, -0.2) is 10.2 Å². The summed E-state index contributed by atoms with van der Waals surface area (Å²) < 4.78 is 8.65. The second kappa shape index (κ2) is 10.3. The summed E-state index contributed by atoms with van der Waals surface area (Å²) in [6.07, 6.45) is 0. The van der Waals surface area contributed by atoms with E-state index in [0.717, 1.165) is 16.7 Å². The molecule has 0 bridgehead atoms. The third-order valence-electron chi connectivity index (χ3n) is 7.65. The summed E-state index contributed by atoms with van der Waals surface area (Å²) in [5.41, 5.74) is 8.94. The van der Waals surface area contributed by atoms with Crippen molar-refractivity contribution in [2.75, 3.05) is 0 Å². The van der Waals surface area contributed by atoms with Crippen LogP contribution in [-0.2, 0) is 0 Å². The van der Waals surface area contributed by atoms with Gasteiger partial charge in [0.15, 0.2) is 0 Å². The Morgan fingerprint density at radius 3 is 1.69 bits per heavy atom. The fraction of sp³-hybridized carbons (Fsp3) is 0. The Kier molecular flexibility index (Phi) is 5.98. The monoisotopic (exact) mass is 556 g/mol. The van der Waals surface area contributed by atoms with Crippen molar-refractivity contribution in [3.8, 4) is 56.3 Å². The first-order valence-electron chi connectivity index (χ1n) is 13.9. The van der Waals surface area contributed by atoms with Gasteiger partial charge in [-0.15, -0.1) is 21.5 Å². The second-order valence-electron chi connectivity index (χ2n) is 10.3. The molecule has 0 aliphatic carbocycles. The second-order valence-corrected chi connectivity index (χ2v) is 11.4. The fourth-order valence-corrected chi connectivity index (χ4v) is 6.76. The highest BCUT2D eigenvalue weighted by Crippen LogP contribution is 2.44. The fourth-order valence-electron chi connectivity index (χ4n) is 5.56. The maximum Gasteiger partial charge on any atom is 0.248 e. The van der Waals surface area contributed by atoms with E-state index < -0.39 is 0 Å². The van der Waals surface area contributed by atoms with E-state index in [1.165, 1.54) is 48.0 Å². The van der Waals surface area contributed by atoms with Crippen LogP contribution >= 0.6 is 11.3 Å². The summed E-state index contributed by atoms with van der Waals surface area (Å²) in [5.74, 6) is 1.03. The highest BCUT2D eigenvalue weighted by atomic mass is 32.1. The van der Waals surface area contributed by atoms with Gasteiger partial charge in [-0.25, -0.2) is 0 Å². The summed E-state index contributed by atoms with van der Waals surface area (Å²) in [6, 6.07) is 51.0. The number of aromatic nitrogens is 2. The van der Waals surface area contributed by atoms with Crippen LogP contribution in [0.1, 0.15) is 0 Å². The Morgan fingerprint density at radius 2 is 0.976 bits per heavy atom. The lowest BCUT2D eigenvalue weighted by Gasteiger charge is -2.10. The van der Waals surface area contributed by atoms with Crippen molar-refractivity contribution in [3.63, 3.8) is 0 Å². The minimum Gasteiger partial charge on any atom is -0.416 e. The lowest BCUT2D eigenvalue weighted by atomic mass is 9.94. The van der Waals surface area contributed by atoms with Crippen molar-refractivity contribution in [1.29, 1.82) is 0 Å². The van der Waals surface area contributed by atoms with Crippen LogP contribution in [0, 0.1) is 0 Å². The van der Waals surface area contributed by atoms with Gasteiger partial charge in [-0.1, -0.05) is 97.1 Å². The molecule has 3 nitrogen and oxygen atoms in total. The van der Waals surface area contributed by atoms with E-state index in [4.69, 9.17) is 4.42 Å². The Labute approximate surface area is 247 Å².